The zero-order chi connectivity index (χ0) is 13.1. The molecule has 0 aliphatic heterocycles. The highest BCUT2D eigenvalue weighted by Crippen LogP contribution is 2.24. The lowest BCUT2D eigenvalue weighted by Gasteiger charge is -2.05. The van der Waals surface area contributed by atoms with Crippen LogP contribution in [0, 0.1) is 0 Å². The lowest BCUT2D eigenvalue weighted by atomic mass is 10.2. The molecule has 94 valence electrons. The van der Waals surface area contributed by atoms with Crippen LogP contribution < -0.4 is 16.6 Å². The quantitative estimate of drug-likeness (QED) is 0.585. The van der Waals surface area contributed by atoms with Gasteiger partial charge in [-0.1, -0.05) is 22.9 Å². The first-order valence-corrected chi connectivity index (χ1v) is 6.63. The van der Waals surface area contributed by atoms with E-state index in [0.717, 1.165) is 3.79 Å². The van der Waals surface area contributed by atoms with Crippen molar-refractivity contribution in [3.63, 3.8) is 0 Å². The van der Waals surface area contributed by atoms with Crippen LogP contribution in [-0.4, -0.2) is 15.9 Å². The normalized spacial score (nSPS) is 10.2. The van der Waals surface area contributed by atoms with Gasteiger partial charge in [0.25, 0.3) is 5.91 Å². The summed E-state index contributed by atoms with van der Waals surface area (Å²) in [6.07, 6.45) is 2.98. The molecule has 0 saturated carbocycles. The number of amides is 1. The Morgan fingerprint density at radius 2 is 2.22 bits per heavy atom. The molecule has 0 aromatic carbocycles. The van der Waals surface area contributed by atoms with Gasteiger partial charge >= 0.3 is 0 Å². The Bertz CT molecular complexity index is 590. The number of hydrogen-bond donors (Lipinski definition) is 3. The van der Waals surface area contributed by atoms with Crippen LogP contribution in [0.15, 0.2) is 22.2 Å². The van der Waals surface area contributed by atoms with E-state index in [-0.39, 0.29) is 10.9 Å². The third-order valence-corrected chi connectivity index (χ3v) is 3.62. The Morgan fingerprint density at radius 1 is 1.44 bits per heavy atom. The lowest BCUT2D eigenvalue weighted by molar-refractivity contribution is 0.102. The highest BCUT2D eigenvalue weighted by atomic mass is 79.9. The van der Waals surface area contributed by atoms with Gasteiger partial charge in [0.1, 0.15) is 0 Å². The summed E-state index contributed by atoms with van der Waals surface area (Å²) in [7, 11) is 0. The first-order valence-electron chi connectivity index (χ1n) is 4.65. The van der Waals surface area contributed by atoms with E-state index in [1.807, 2.05) is 0 Å². The van der Waals surface area contributed by atoms with Gasteiger partial charge in [-0.25, -0.2) is 15.8 Å². The number of rotatable bonds is 3. The molecule has 0 aliphatic carbocycles. The van der Waals surface area contributed by atoms with Crippen molar-refractivity contribution in [2.45, 2.75) is 0 Å². The third kappa shape index (κ3) is 2.96. The van der Waals surface area contributed by atoms with Crippen molar-refractivity contribution < 1.29 is 4.79 Å². The SMILES string of the molecule is NNc1ncc(C(=O)Nc2ncc(Br)s2)cc1Cl. The number of aromatic nitrogens is 2. The zero-order valence-corrected chi connectivity index (χ0v) is 11.9. The van der Waals surface area contributed by atoms with Gasteiger partial charge in [0.15, 0.2) is 10.9 Å². The van der Waals surface area contributed by atoms with E-state index in [4.69, 9.17) is 17.4 Å². The number of anilines is 2. The Labute approximate surface area is 120 Å². The van der Waals surface area contributed by atoms with Gasteiger partial charge in [-0.2, -0.15) is 0 Å². The van der Waals surface area contributed by atoms with E-state index < -0.39 is 0 Å². The standard InChI is InChI=1S/C9H7BrClN5OS/c10-6-3-14-9(18-6)15-8(17)4-1-5(11)7(16-12)13-2-4/h1-3H,12H2,(H,13,16)(H,14,15,17). The van der Waals surface area contributed by atoms with Crippen LogP contribution in [0.5, 0.6) is 0 Å². The van der Waals surface area contributed by atoms with E-state index in [1.54, 1.807) is 6.20 Å². The Hall–Kier alpha value is -1.22. The number of carbonyl (C=O) groups is 1. The minimum absolute atomic E-state index is 0.269. The van der Waals surface area contributed by atoms with Crippen LogP contribution in [0.4, 0.5) is 10.9 Å². The van der Waals surface area contributed by atoms with E-state index in [0.29, 0.717) is 16.5 Å². The Balaban J connectivity index is 2.16. The fourth-order valence-electron chi connectivity index (χ4n) is 1.15. The molecule has 1 amide bonds. The predicted octanol–water partition coefficient (Wildman–Crippen LogP) is 2.49. The maximum absolute atomic E-state index is 11.9. The number of halogens is 2. The van der Waals surface area contributed by atoms with Gasteiger partial charge < -0.3 is 5.43 Å². The molecular formula is C9H7BrClN5OS. The number of carbonyl (C=O) groups excluding carboxylic acids is 1. The molecule has 0 radical (unpaired) electrons. The number of nitrogen functional groups attached to an aromatic ring is 1. The molecule has 2 rings (SSSR count). The lowest BCUT2D eigenvalue weighted by Crippen LogP contribution is -2.14. The molecule has 0 bridgehead atoms. The van der Waals surface area contributed by atoms with E-state index in [9.17, 15) is 4.79 Å². The number of pyridine rings is 1. The van der Waals surface area contributed by atoms with Crippen LogP contribution in [0.1, 0.15) is 10.4 Å². The summed E-state index contributed by atoms with van der Waals surface area (Å²) in [4.78, 5) is 19.8. The number of hydrazine groups is 1. The molecule has 0 unspecified atom stereocenters. The number of nitrogens with zero attached hydrogens (tertiary/aromatic N) is 2. The largest absolute Gasteiger partial charge is 0.307 e. The van der Waals surface area contributed by atoms with Crippen molar-refractivity contribution in [1.29, 1.82) is 0 Å². The highest BCUT2D eigenvalue weighted by molar-refractivity contribution is 9.11. The van der Waals surface area contributed by atoms with Gasteiger partial charge in [-0.05, 0) is 22.0 Å². The minimum atomic E-state index is -0.338. The molecule has 6 nitrogen and oxygen atoms in total. The van der Waals surface area contributed by atoms with Gasteiger partial charge in [-0.15, -0.1) is 0 Å². The first kappa shape index (κ1) is 13.2. The minimum Gasteiger partial charge on any atom is -0.307 e. The maximum atomic E-state index is 11.9. The van der Waals surface area contributed by atoms with E-state index in [2.05, 4.69) is 36.6 Å². The molecule has 2 heterocycles. The zero-order valence-electron chi connectivity index (χ0n) is 8.78. The predicted molar refractivity (Wildman–Crippen MR) is 74.8 cm³/mol. The van der Waals surface area contributed by atoms with Crippen LogP contribution in [0.25, 0.3) is 0 Å². The highest BCUT2D eigenvalue weighted by Gasteiger charge is 2.11. The van der Waals surface area contributed by atoms with Crippen molar-refractivity contribution in [2.24, 2.45) is 5.84 Å². The molecule has 0 saturated heterocycles. The number of thiazole rings is 1. The Morgan fingerprint density at radius 3 is 2.78 bits per heavy atom. The second-order valence-electron chi connectivity index (χ2n) is 3.12. The van der Waals surface area contributed by atoms with Crippen LogP contribution >= 0.6 is 38.9 Å². The number of nitrogens with two attached hydrogens (primary N) is 1. The second kappa shape index (κ2) is 5.61. The third-order valence-electron chi connectivity index (χ3n) is 1.94. The monoisotopic (exact) mass is 347 g/mol. The van der Waals surface area contributed by atoms with Gasteiger partial charge in [-0.3, -0.25) is 10.1 Å². The molecule has 2 aromatic heterocycles. The maximum Gasteiger partial charge on any atom is 0.259 e. The van der Waals surface area contributed by atoms with Gasteiger partial charge in [0.2, 0.25) is 0 Å². The van der Waals surface area contributed by atoms with Crippen molar-refractivity contribution in [1.82, 2.24) is 9.97 Å². The molecule has 0 fully saturated rings. The topological polar surface area (TPSA) is 92.9 Å². The summed E-state index contributed by atoms with van der Waals surface area (Å²) in [5, 5.41) is 3.39. The average molecular weight is 349 g/mol. The van der Waals surface area contributed by atoms with Crippen molar-refractivity contribution >= 4 is 55.7 Å². The molecule has 18 heavy (non-hydrogen) atoms. The smallest absolute Gasteiger partial charge is 0.259 e. The molecule has 9 heteroatoms. The summed E-state index contributed by atoms with van der Waals surface area (Å²) in [5.74, 6) is 5.16. The molecule has 2 aromatic rings. The molecule has 0 aliphatic rings. The van der Waals surface area contributed by atoms with Crippen molar-refractivity contribution in [3.05, 3.63) is 32.8 Å². The second-order valence-corrected chi connectivity index (χ2v) is 5.94. The van der Waals surface area contributed by atoms with Gasteiger partial charge in [0, 0.05) is 6.20 Å². The van der Waals surface area contributed by atoms with Crippen molar-refractivity contribution in [3.8, 4) is 0 Å². The van der Waals surface area contributed by atoms with Gasteiger partial charge in [0.05, 0.1) is 20.6 Å². The fraction of sp³-hybridized carbons (Fsp3) is 0. The first-order chi connectivity index (χ1) is 8.60. The molecule has 4 N–H and O–H groups in total. The fourth-order valence-corrected chi connectivity index (χ4v) is 2.47. The Kier molecular flexibility index (Phi) is 4.12. The summed E-state index contributed by atoms with van der Waals surface area (Å²) in [6.45, 7) is 0. The molecule has 0 atom stereocenters. The average Bonchev–Trinajstić information content (AvgIpc) is 2.74. The van der Waals surface area contributed by atoms with Crippen LogP contribution in [0.2, 0.25) is 5.02 Å². The van der Waals surface area contributed by atoms with Crippen LogP contribution in [0.3, 0.4) is 0 Å². The molecular weight excluding hydrogens is 342 g/mol. The number of nitrogens with one attached hydrogen (secondary N) is 2. The summed E-state index contributed by atoms with van der Waals surface area (Å²) in [5.41, 5.74) is 2.65. The summed E-state index contributed by atoms with van der Waals surface area (Å²) < 4.78 is 0.830. The van der Waals surface area contributed by atoms with Crippen molar-refractivity contribution in [2.75, 3.05) is 10.7 Å². The summed E-state index contributed by atoms with van der Waals surface area (Å²) in [6, 6.07) is 1.47. The molecule has 0 spiro atoms. The van der Waals surface area contributed by atoms with E-state index >= 15 is 0 Å². The van der Waals surface area contributed by atoms with Crippen LogP contribution in [-0.2, 0) is 0 Å². The van der Waals surface area contributed by atoms with E-state index in [1.165, 1.54) is 23.6 Å². The summed E-state index contributed by atoms with van der Waals surface area (Å²) >= 11 is 10.4. The number of hydrogen-bond acceptors (Lipinski definition) is 6.